The summed E-state index contributed by atoms with van der Waals surface area (Å²) in [6.07, 6.45) is 7.72. The minimum absolute atomic E-state index is 0.0885. The predicted octanol–water partition coefficient (Wildman–Crippen LogP) is 1.74. The largest absolute Gasteiger partial charge is 0.394 e. The fourth-order valence-corrected chi connectivity index (χ4v) is 2.71. The molecule has 0 unspecified atom stereocenters. The van der Waals surface area contributed by atoms with Crippen LogP contribution in [-0.4, -0.2) is 27.5 Å². The lowest BCUT2D eigenvalue weighted by molar-refractivity contribution is 0.266. The molecule has 0 bridgehead atoms. The molecule has 0 aliphatic heterocycles. The number of aliphatic hydroxyl groups is 1. The van der Waals surface area contributed by atoms with Crippen molar-refractivity contribution in [3.8, 4) is 0 Å². The van der Waals surface area contributed by atoms with Crippen LogP contribution in [0.25, 0.3) is 0 Å². The van der Waals surface area contributed by atoms with Crippen molar-refractivity contribution in [1.82, 2.24) is 9.78 Å². The van der Waals surface area contributed by atoms with Crippen molar-refractivity contribution in [2.75, 3.05) is 11.9 Å². The summed E-state index contributed by atoms with van der Waals surface area (Å²) >= 11 is 3.31. The molecule has 0 amide bonds. The van der Waals surface area contributed by atoms with Crippen LogP contribution in [0.5, 0.6) is 0 Å². The van der Waals surface area contributed by atoms with Crippen molar-refractivity contribution in [1.29, 1.82) is 0 Å². The first-order valence-electron chi connectivity index (χ1n) is 6.35. The van der Waals surface area contributed by atoms with Crippen molar-refractivity contribution in [2.24, 2.45) is 0 Å². The van der Waals surface area contributed by atoms with Gasteiger partial charge in [-0.2, -0.15) is 5.10 Å². The Labute approximate surface area is 114 Å². The van der Waals surface area contributed by atoms with Gasteiger partial charge in [-0.1, -0.05) is 19.3 Å². The Morgan fingerprint density at radius 2 is 2.17 bits per heavy atom. The molecule has 6 heteroatoms. The van der Waals surface area contributed by atoms with Gasteiger partial charge in [-0.25, -0.2) is 4.68 Å². The Morgan fingerprint density at radius 1 is 1.44 bits per heavy atom. The van der Waals surface area contributed by atoms with Crippen LogP contribution in [0.1, 0.15) is 32.1 Å². The molecule has 1 aromatic rings. The summed E-state index contributed by atoms with van der Waals surface area (Å²) in [6.45, 7) is 0.135. The molecule has 0 radical (unpaired) electrons. The number of nitrogens with one attached hydrogen (secondary N) is 1. The summed E-state index contributed by atoms with van der Waals surface area (Å²) in [4.78, 5) is 11.9. The van der Waals surface area contributed by atoms with Crippen molar-refractivity contribution < 1.29 is 5.11 Å². The number of aliphatic hydroxyl groups excluding tert-OH is 1. The van der Waals surface area contributed by atoms with Crippen LogP contribution >= 0.6 is 15.9 Å². The van der Waals surface area contributed by atoms with Gasteiger partial charge in [0.25, 0.3) is 5.56 Å². The van der Waals surface area contributed by atoms with E-state index in [1.165, 1.54) is 23.9 Å². The topological polar surface area (TPSA) is 67.2 Å². The fraction of sp³-hybridized carbons (Fsp3) is 0.667. The van der Waals surface area contributed by atoms with Gasteiger partial charge in [-0.15, -0.1) is 0 Å². The quantitative estimate of drug-likeness (QED) is 0.888. The molecule has 2 rings (SSSR count). The molecule has 1 aliphatic rings. The first-order valence-corrected chi connectivity index (χ1v) is 7.14. The smallest absolute Gasteiger partial charge is 0.283 e. The average Bonchev–Trinajstić information content (AvgIpc) is 2.40. The van der Waals surface area contributed by atoms with Gasteiger partial charge in [0, 0.05) is 6.04 Å². The molecule has 1 saturated carbocycles. The van der Waals surface area contributed by atoms with Crippen LogP contribution in [0, 0.1) is 0 Å². The Balaban J connectivity index is 2.13. The number of aromatic nitrogens is 2. The van der Waals surface area contributed by atoms with Gasteiger partial charge in [0.15, 0.2) is 0 Å². The first-order chi connectivity index (χ1) is 8.72. The summed E-state index contributed by atoms with van der Waals surface area (Å²) < 4.78 is 1.76. The molecule has 1 aliphatic carbocycles. The highest BCUT2D eigenvalue weighted by Crippen LogP contribution is 2.24. The van der Waals surface area contributed by atoms with Gasteiger partial charge in [0.05, 0.1) is 25.0 Å². The van der Waals surface area contributed by atoms with Crippen molar-refractivity contribution >= 4 is 21.6 Å². The minimum atomic E-state index is -0.204. The van der Waals surface area contributed by atoms with E-state index in [-0.39, 0.29) is 18.7 Å². The summed E-state index contributed by atoms with van der Waals surface area (Å²) in [5, 5.41) is 16.3. The molecular formula is C12H18BrN3O2. The van der Waals surface area contributed by atoms with E-state index in [0.717, 1.165) is 18.5 Å². The van der Waals surface area contributed by atoms with Gasteiger partial charge in [0.2, 0.25) is 0 Å². The van der Waals surface area contributed by atoms with Crippen LogP contribution < -0.4 is 10.9 Å². The second kappa shape index (κ2) is 6.33. The van der Waals surface area contributed by atoms with Crippen LogP contribution in [0.4, 0.5) is 5.69 Å². The van der Waals surface area contributed by atoms with Crippen molar-refractivity contribution in [3.05, 3.63) is 21.0 Å². The van der Waals surface area contributed by atoms with Crippen LogP contribution in [0.3, 0.4) is 0 Å². The lowest BCUT2D eigenvalue weighted by atomic mass is 9.95. The molecule has 18 heavy (non-hydrogen) atoms. The molecule has 0 saturated heterocycles. The highest BCUT2D eigenvalue weighted by molar-refractivity contribution is 9.10. The summed E-state index contributed by atoms with van der Waals surface area (Å²) in [5.74, 6) is 0. The Morgan fingerprint density at radius 3 is 2.83 bits per heavy atom. The molecule has 5 nitrogen and oxygen atoms in total. The number of halogens is 1. The third-order valence-electron chi connectivity index (χ3n) is 3.26. The maximum atomic E-state index is 11.9. The van der Waals surface area contributed by atoms with E-state index in [1.807, 2.05) is 0 Å². The maximum absolute atomic E-state index is 11.9. The van der Waals surface area contributed by atoms with Crippen molar-refractivity contribution in [3.63, 3.8) is 0 Å². The second-order valence-electron chi connectivity index (χ2n) is 4.60. The highest BCUT2D eigenvalue weighted by Gasteiger charge is 2.16. The summed E-state index contributed by atoms with van der Waals surface area (Å²) in [5.41, 5.74) is 0.547. The van der Waals surface area contributed by atoms with Crippen LogP contribution in [0.15, 0.2) is 15.5 Å². The zero-order valence-electron chi connectivity index (χ0n) is 10.2. The normalized spacial score (nSPS) is 16.8. The van der Waals surface area contributed by atoms with Gasteiger partial charge in [0.1, 0.15) is 4.47 Å². The molecule has 1 fully saturated rings. The first kappa shape index (κ1) is 13.5. The van der Waals surface area contributed by atoms with E-state index < -0.39 is 0 Å². The molecule has 2 N–H and O–H groups in total. The summed E-state index contributed by atoms with van der Waals surface area (Å²) in [6, 6.07) is 0.435. The molecule has 0 spiro atoms. The predicted molar refractivity (Wildman–Crippen MR) is 73.8 cm³/mol. The van der Waals surface area contributed by atoms with E-state index in [0.29, 0.717) is 10.5 Å². The van der Waals surface area contributed by atoms with Gasteiger partial charge >= 0.3 is 0 Å². The molecule has 1 heterocycles. The number of anilines is 1. The van der Waals surface area contributed by atoms with Gasteiger partial charge in [-0.05, 0) is 28.8 Å². The molecular weight excluding hydrogens is 298 g/mol. The third-order valence-corrected chi connectivity index (χ3v) is 4.03. The zero-order valence-corrected chi connectivity index (χ0v) is 11.8. The van der Waals surface area contributed by atoms with E-state index in [2.05, 4.69) is 26.3 Å². The number of rotatable bonds is 4. The Bertz CT molecular complexity index is 455. The highest BCUT2D eigenvalue weighted by atomic mass is 79.9. The van der Waals surface area contributed by atoms with E-state index in [4.69, 9.17) is 5.11 Å². The van der Waals surface area contributed by atoms with Crippen molar-refractivity contribution in [2.45, 2.75) is 44.7 Å². The number of hydrogen-bond donors (Lipinski definition) is 2. The van der Waals surface area contributed by atoms with Crippen LogP contribution in [-0.2, 0) is 6.54 Å². The van der Waals surface area contributed by atoms with E-state index in [1.54, 1.807) is 6.20 Å². The minimum Gasteiger partial charge on any atom is -0.394 e. The maximum Gasteiger partial charge on any atom is 0.283 e. The second-order valence-corrected chi connectivity index (χ2v) is 5.40. The van der Waals surface area contributed by atoms with Gasteiger partial charge in [-0.3, -0.25) is 4.79 Å². The van der Waals surface area contributed by atoms with Gasteiger partial charge < -0.3 is 10.4 Å². The standard InChI is InChI=1S/C12H18BrN3O2/c13-11-10(15-9-4-2-1-3-5-9)8-14-16(6-7-17)12(11)18/h8-9,15,17H,1-7H2. The Hall–Kier alpha value is -0.880. The van der Waals surface area contributed by atoms with E-state index in [9.17, 15) is 4.79 Å². The van der Waals surface area contributed by atoms with Crippen LogP contribution in [0.2, 0.25) is 0 Å². The summed E-state index contributed by atoms with van der Waals surface area (Å²) in [7, 11) is 0. The number of hydrogen-bond acceptors (Lipinski definition) is 4. The number of nitrogens with zero attached hydrogens (tertiary/aromatic N) is 2. The molecule has 0 atom stereocenters. The zero-order chi connectivity index (χ0) is 13.0. The third kappa shape index (κ3) is 3.11. The SMILES string of the molecule is O=c1c(Br)c(NC2CCCCC2)cnn1CCO. The lowest BCUT2D eigenvalue weighted by Crippen LogP contribution is -2.28. The molecule has 1 aromatic heterocycles. The molecule has 100 valence electrons. The lowest BCUT2D eigenvalue weighted by Gasteiger charge is -2.24. The fourth-order valence-electron chi connectivity index (χ4n) is 2.29. The monoisotopic (exact) mass is 315 g/mol. The average molecular weight is 316 g/mol. The van der Waals surface area contributed by atoms with E-state index >= 15 is 0 Å². The molecule has 0 aromatic carbocycles. The Kier molecular flexibility index (Phi) is 4.77.